The van der Waals surface area contributed by atoms with Crippen LogP contribution in [0.2, 0.25) is 0 Å². The molecule has 108 valence electrons. The van der Waals surface area contributed by atoms with Gasteiger partial charge in [-0.2, -0.15) is 0 Å². The van der Waals surface area contributed by atoms with Crippen molar-refractivity contribution in [2.45, 2.75) is 38.1 Å². The predicted molar refractivity (Wildman–Crippen MR) is 68.8 cm³/mol. The van der Waals surface area contributed by atoms with Crippen LogP contribution in [0.4, 0.5) is 4.79 Å². The van der Waals surface area contributed by atoms with Crippen molar-refractivity contribution in [3.05, 3.63) is 0 Å². The first-order valence-electron chi connectivity index (χ1n) is 7.01. The van der Waals surface area contributed by atoms with Gasteiger partial charge in [-0.1, -0.05) is 6.42 Å². The molecule has 0 radical (unpaired) electrons. The zero-order chi connectivity index (χ0) is 13.7. The van der Waals surface area contributed by atoms with Gasteiger partial charge < -0.3 is 20.5 Å². The number of hydrogen-bond donors (Lipinski definition) is 3. The number of amides is 2. The fraction of sp³-hybridized carbons (Fsp3) is 0.846. The molecule has 3 atom stereocenters. The quantitative estimate of drug-likeness (QED) is 0.694. The molecule has 6 nitrogen and oxygen atoms in total. The fourth-order valence-corrected chi connectivity index (χ4v) is 2.85. The molecule has 2 aliphatic rings. The minimum absolute atomic E-state index is 0.229. The molecule has 1 heterocycles. The second-order valence-electron chi connectivity index (χ2n) is 5.40. The van der Waals surface area contributed by atoms with Crippen LogP contribution in [0.5, 0.6) is 0 Å². The highest BCUT2D eigenvalue weighted by atomic mass is 16.5. The molecule has 1 aliphatic carbocycles. The first-order chi connectivity index (χ1) is 9.16. The van der Waals surface area contributed by atoms with Gasteiger partial charge in [0, 0.05) is 25.8 Å². The zero-order valence-corrected chi connectivity index (χ0v) is 11.1. The summed E-state index contributed by atoms with van der Waals surface area (Å²) in [6.07, 6.45) is 4.25. The van der Waals surface area contributed by atoms with Crippen molar-refractivity contribution >= 4 is 12.0 Å². The van der Waals surface area contributed by atoms with Crippen LogP contribution in [0.3, 0.4) is 0 Å². The highest BCUT2D eigenvalue weighted by Gasteiger charge is 2.33. The molecule has 1 saturated heterocycles. The second-order valence-corrected chi connectivity index (χ2v) is 5.40. The van der Waals surface area contributed by atoms with Crippen LogP contribution in [-0.4, -0.2) is 42.9 Å². The lowest BCUT2D eigenvalue weighted by molar-refractivity contribution is -0.142. The highest BCUT2D eigenvalue weighted by Crippen LogP contribution is 2.25. The Kier molecular flexibility index (Phi) is 5.01. The van der Waals surface area contributed by atoms with Gasteiger partial charge in [-0.15, -0.1) is 0 Å². The van der Waals surface area contributed by atoms with E-state index in [1.165, 1.54) is 0 Å². The maximum absolute atomic E-state index is 11.7. The van der Waals surface area contributed by atoms with Crippen LogP contribution in [0.15, 0.2) is 0 Å². The Labute approximate surface area is 112 Å². The van der Waals surface area contributed by atoms with E-state index in [1.807, 2.05) is 0 Å². The van der Waals surface area contributed by atoms with Gasteiger partial charge in [0.25, 0.3) is 0 Å². The SMILES string of the molecule is O=C(NCCC1CCOC1)NC1CCCC1C(=O)O. The molecular weight excluding hydrogens is 248 g/mol. The fourth-order valence-electron chi connectivity index (χ4n) is 2.85. The average Bonchev–Trinajstić information content (AvgIpc) is 2.99. The predicted octanol–water partition coefficient (Wildman–Crippen LogP) is 0.965. The summed E-state index contributed by atoms with van der Waals surface area (Å²) in [5.74, 6) is -0.710. The lowest BCUT2D eigenvalue weighted by atomic mass is 10.0. The van der Waals surface area contributed by atoms with Gasteiger partial charge >= 0.3 is 12.0 Å². The number of carbonyl (C=O) groups excluding carboxylic acids is 1. The number of hydrogen-bond acceptors (Lipinski definition) is 3. The molecular formula is C13H22N2O4. The van der Waals surface area contributed by atoms with Crippen LogP contribution < -0.4 is 10.6 Å². The molecule has 3 unspecified atom stereocenters. The van der Waals surface area contributed by atoms with E-state index in [1.54, 1.807) is 0 Å². The van der Waals surface area contributed by atoms with Crippen molar-refractivity contribution in [1.29, 1.82) is 0 Å². The van der Waals surface area contributed by atoms with Crippen LogP contribution in [0.25, 0.3) is 0 Å². The summed E-state index contributed by atoms with van der Waals surface area (Å²) in [6.45, 7) is 2.22. The Hall–Kier alpha value is -1.30. The largest absolute Gasteiger partial charge is 0.481 e. The minimum atomic E-state index is -0.814. The summed E-state index contributed by atoms with van der Waals surface area (Å²) in [7, 11) is 0. The number of nitrogens with one attached hydrogen (secondary N) is 2. The molecule has 0 bridgehead atoms. The Morgan fingerprint density at radius 3 is 2.79 bits per heavy atom. The monoisotopic (exact) mass is 270 g/mol. The Morgan fingerprint density at radius 2 is 2.11 bits per heavy atom. The van der Waals surface area contributed by atoms with E-state index in [2.05, 4.69) is 10.6 Å². The zero-order valence-electron chi connectivity index (χ0n) is 11.1. The molecule has 19 heavy (non-hydrogen) atoms. The third kappa shape index (κ3) is 4.09. The van der Waals surface area contributed by atoms with E-state index in [0.717, 1.165) is 38.9 Å². The number of urea groups is 1. The van der Waals surface area contributed by atoms with E-state index in [9.17, 15) is 9.59 Å². The maximum atomic E-state index is 11.7. The Balaban J connectivity index is 1.64. The molecule has 0 aromatic rings. The van der Waals surface area contributed by atoms with Crippen LogP contribution in [0, 0.1) is 11.8 Å². The van der Waals surface area contributed by atoms with Crippen LogP contribution in [0.1, 0.15) is 32.1 Å². The molecule has 2 rings (SSSR count). The van der Waals surface area contributed by atoms with Crippen molar-refractivity contribution in [1.82, 2.24) is 10.6 Å². The van der Waals surface area contributed by atoms with Crippen LogP contribution in [-0.2, 0) is 9.53 Å². The number of carbonyl (C=O) groups is 2. The van der Waals surface area contributed by atoms with Crippen molar-refractivity contribution in [3.63, 3.8) is 0 Å². The number of ether oxygens (including phenoxy) is 1. The molecule has 2 fully saturated rings. The standard InChI is InChI=1S/C13H22N2O4/c16-12(17)10-2-1-3-11(10)15-13(18)14-6-4-9-5-7-19-8-9/h9-11H,1-8H2,(H,16,17)(H2,14,15,18). The highest BCUT2D eigenvalue weighted by molar-refractivity contribution is 5.76. The van der Waals surface area contributed by atoms with Crippen molar-refractivity contribution in [2.24, 2.45) is 11.8 Å². The second kappa shape index (κ2) is 6.75. The van der Waals surface area contributed by atoms with Crippen molar-refractivity contribution < 1.29 is 19.4 Å². The van der Waals surface area contributed by atoms with Gasteiger partial charge in [-0.25, -0.2) is 4.79 Å². The molecule has 2 amide bonds. The van der Waals surface area contributed by atoms with Gasteiger partial charge in [-0.05, 0) is 31.6 Å². The minimum Gasteiger partial charge on any atom is -0.481 e. The maximum Gasteiger partial charge on any atom is 0.315 e. The van der Waals surface area contributed by atoms with E-state index in [0.29, 0.717) is 18.9 Å². The number of rotatable bonds is 5. The summed E-state index contributed by atoms with van der Waals surface area (Å²) in [5.41, 5.74) is 0. The lowest BCUT2D eigenvalue weighted by Crippen LogP contribution is -2.45. The summed E-state index contributed by atoms with van der Waals surface area (Å²) in [4.78, 5) is 22.7. The number of carboxylic acid groups (broad SMARTS) is 1. The lowest BCUT2D eigenvalue weighted by Gasteiger charge is -2.18. The van der Waals surface area contributed by atoms with Gasteiger partial charge in [0.15, 0.2) is 0 Å². The van der Waals surface area contributed by atoms with Gasteiger partial charge in [0.05, 0.1) is 5.92 Å². The molecule has 1 saturated carbocycles. The summed E-state index contributed by atoms with van der Waals surface area (Å²) < 4.78 is 5.27. The third-order valence-electron chi connectivity index (χ3n) is 4.01. The van der Waals surface area contributed by atoms with E-state index >= 15 is 0 Å². The van der Waals surface area contributed by atoms with Gasteiger partial charge in [-0.3, -0.25) is 4.79 Å². The number of aliphatic carboxylic acids is 1. The first-order valence-corrected chi connectivity index (χ1v) is 7.01. The summed E-state index contributed by atoms with van der Waals surface area (Å²) >= 11 is 0. The normalized spacial score (nSPS) is 30.2. The van der Waals surface area contributed by atoms with E-state index < -0.39 is 11.9 Å². The molecule has 0 aromatic heterocycles. The van der Waals surface area contributed by atoms with Crippen LogP contribution >= 0.6 is 0 Å². The molecule has 6 heteroatoms. The number of carboxylic acids is 1. The summed E-state index contributed by atoms with van der Waals surface area (Å²) in [6, 6.07) is -0.482. The molecule has 0 aromatic carbocycles. The molecule has 1 aliphatic heterocycles. The van der Waals surface area contributed by atoms with Gasteiger partial charge in [0.1, 0.15) is 0 Å². The van der Waals surface area contributed by atoms with Crippen molar-refractivity contribution in [3.8, 4) is 0 Å². The van der Waals surface area contributed by atoms with E-state index in [-0.39, 0.29) is 12.1 Å². The third-order valence-corrected chi connectivity index (χ3v) is 4.01. The van der Waals surface area contributed by atoms with Crippen molar-refractivity contribution in [2.75, 3.05) is 19.8 Å². The molecule has 0 spiro atoms. The Morgan fingerprint density at radius 1 is 1.26 bits per heavy atom. The smallest absolute Gasteiger partial charge is 0.315 e. The molecule has 3 N–H and O–H groups in total. The topological polar surface area (TPSA) is 87.7 Å². The summed E-state index contributed by atoms with van der Waals surface area (Å²) in [5, 5.41) is 14.6. The average molecular weight is 270 g/mol. The van der Waals surface area contributed by atoms with E-state index in [4.69, 9.17) is 9.84 Å². The first kappa shape index (κ1) is 14.1. The Bertz CT molecular complexity index is 329. The van der Waals surface area contributed by atoms with Gasteiger partial charge in [0.2, 0.25) is 0 Å².